The summed E-state index contributed by atoms with van der Waals surface area (Å²) in [7, 11) is 1.60. The smallest absolute Gasteiger partial charge is 0.391 e. The highest BCUT2D eigenvalue weighted by Gasteiger charge is 2.28. The van der Waals surface area contributed by atoms with Crippen LogP contribution in [0.2, 0.25) is 0 Å². The van der Waals surface area contributed by atoms with E-state index in [4.69, 9.17) is 9.05 Å². The second kappa shape index (κ2) is 32.2. The molecule has 48 heavy (non-hydrogen) atoms. The van der Waals surface area contributed by atoms with Crippen molar-refractivity contribution in [3.8, 4) is 0 Å². The number of carbonyl (C=O) groups excluding carboxylic acids is 1. The highest BCUT2D eigenvalue weighted by molar-refractivity contribution is 7.47. The Kier molecular flexibility index (Phi) is 31.7. The number of unbranched alkanes of at least 4 members (excludes halogenated alkanes) is 21. The van der Waals surface area contributed by atoms with Gasteiger partial charge < -0.3 is 19.8 Å². The van der Waals surface area contributed by atoms with E-state index in [0.29, 0.717) is 23.9 Å². The first-order chi connectivity index (χ1) is 23.0. The Balaban J connectivity index is 4.48. The predicted molar refractivity (Wildman–Crippen MR) is 203 cm³/mol. The first kappa shape index (κ1) is 47.2. The van der Waals surface area contributed by atoms with Gasteiger partial charge >= 0.3 is 7.82 Å². The molecule has 8 nitrogen and oxygen atoms in total. The zero-order valence-corrected chi connectivity index (χ0v) is 33.1. The highest BCUT2D eigenvalue weighted by atomic mass is 31.2. The van der Waals surface area contributed by atoms with E-state index in [1.165, 1.54) is 109 Å². The number of hydrogen-bond donors (Lipinski definition) is 3. The van der Waals surface area contributed by atoms with Crippen molar-refractivity contribution >= 4 is 13.7 Å². The van der Waals surface area contributed by atoms with E-state index >= 15 is 0 Å². The molecule has 3 N–H and O–H groups in total. The lowest BCUT2D eigenvalue weighted by Gasteiger charge is -2.26. The van der Waals surface area contributed by atoms with Crippen molar-refractivity contribution in [1.29, 1.82) is 0 Å². The number of nitrogens with zero attached hydrogens (tertiary/aromatic N) is 1. The molecule has 1 amide bonds. The van der Waals surface area contributed by atoms with Gasteiger partial charge in [-0.05, 0) is 38.5 Å². The van der Waals surface area contributed by atoms with Crippen LogP contribution in [0.5, 0.6) is 0 Å². The average Bonchev–Trinajstić information content (AvgIpc) is 3.02. The number of aliphatic hydroxyl groups excluding tert-OH is 1. The van der Waals surface area contributed by atoms with Gasteiger partial charge in [0.15, 0.2) is 0 Å². The number of quaternary nitrogens is 1. The Bertz CT molecular complexity index is 804. The minimum Gasteiger partial charge on any atom is -0.391 e. The number of nitrogens with one attached hydrogen (secondary N) is 1. The molecule has 0 aliphatic rings. The summed E-state index contributed by atoms with van der Waals surface area (Å²) in [4.78, 5) is 23.0. The summed E-state index contributed by atoms with van der Waals surface area (Å²) in [5.74, 6) is -0.155. The number of carbonyl (C=O) groups is 1. The molecule has 286 valence electrons. The van der Waals surface area contributed by atoms with Crippen LogP contribution in [-0.4, -0.2) is 73.4 Å². The first-order valence-electron chi connectivity index (χ1n) is 20.1. The molecule has 0 spiro atoms. The molecule has 0 aromatic heterocycles. The van der Waals surface area contributed by atoms with Crippen LogP contribution in [0, 0.1) is 0 Å². The summed E-state index contributed by atoms with van der Waals surface area (Å²) in [5.41, 5.74) is 0. The summed E-state index contributed by atoms with van der Waals surface area (Å²) in [5, 5.41) is 13.9. The van der Waals surface area contributed by atoms with Crippen LogP contribution >= 0.6 is 7.82 Å². The molecule has 0 bridgehead atoms. The fraction of sp³-hybridized carbons (Fsp3) is 0.923. The second-order valence-electron chi connectivity index (χ2n) is 15.0. The molecule has 3 atom stereocenters. The molecular weight excluding hydrogens is 623 g/mol. The first-order valence-corrected chi connectivity index (χ1v) is 21.5. The maximum absolute atomic E-state index is 12.8. The molecular formula is C39H80N2O6P+. The molecule has 9 heteroatoms. The predicted octanol–water partition coefficient (Wildman–Crippen LogP) is 10.4. The van der Waals surface area contributed by atoms with Crippen LogP contribution in [0.25, 0.3) is 0 Å². The van der Waals surface area contributed by atoms with Crippen molar-refractivity contribution in [3.63, 3.8) is 0 Å². The van der Waals surface area contributed by atoms with Gasteiger partial charge in [-0.25, -0.2) is 4.57 Å². The van der Waals surface area contributed by atoms with E-state index in [1.807, 2.05) is 21.1 Å². The number of likely N-dealkylation sites (N-methyl/N-ethyl adjacent to an activating group) is 1. The van der Waals surface area contributed by atoms with Gasteiger partial charge in [0, 0.05) is 6.42 Å². The van der Waals surface area contributed by atoms with Gasteiger partial charge in [0.1, 0.15) is 13.2 Å². The molecule has 0 fully saturated rings. The summed E-state index contributed by atoms with van der Waals surface area (Å²) in [6.45, 7) is 4.85. The van der Waals surface area contributed by atoms with Gasteiger partial charge in [-0.15, -0.1) is 0 Å². The molecule has 0 radical (unpaired) electrons. The van der Waals surface area contributed by atoms with Crippen molar-refractivity contribution in [1.82, 2.24) is 5.32 Å². The van der Waals surface area contributed by atoms with E-state index < -0.39 is 20.0 Å². The highest BCUT2D eigenvalue weighted by Crippen LogP contribution is 2.43. The number of rotatable bonds is 36. The lowest BCUT2D eigenvalue weighted by molar-refractivity contribution is -0.870. The average molecular weight is 704 g/mol. The van der Waals surface area contributed by atoms with Crippen LogP contribution in [0.15, 0.2) is 12.2 Å². The number of amides is 1. The third-order valence-corrected chi connectivity index (χ3v) is 10.00. The quantitative estimate of drug-likeness (QED) is 0.0260. The van der Waals surface area contributed by atoms with Crippen LogP contribution in [0.1, 0.15) is 181 Å². The number of allylic oxidation sites excluding steroid dienone is 2. The van der Waals surface area contributed by atoms with Gasteiger partial charge in [0.05, 0.1) is 39.9 Å². The van der Waals surface area contributed by atoms with Gasteiger partial charge in [-0.1, -0.05) is 148 Å². The summed E-state index contributed by atoms with van der Waals surface area (Å²) >= 11 is 0. The van der Waals surface area contributed by atoms with Crippen molar-refractivity contribution < 1.29 is 32.9 Å². The molecule has 0 rings (SSSR count). The van der Waals surface area contributed by atoms with Gasteiger partial charge in [0.2, 0.25) is 5.91 Å². The van der Waals surface area contributed by atoms with Crippen LogP contribution in [0.3, 0.4) is 0 Å². The topological polar surface area (TPSA) is 105 Å². The number of phosphoric ester groups is 1. The lowest BCUT2D eigenvalue weighted by Crippen LogP contribution is -2.46. The maximum Gasteiger partial charge on any atom is 0.472 e. The molecule has 0 aliphatic carbocycles. The normalized spacial score (nSPS) is 14.7. The van der Waals surface area contributed by atoms with E-state index in [1.54, 1.807) is 0 Å². The van der Waals surface area contributed by atoms with Gasteiger partial charge in [-0.3, -0.25) is 13.8 Å². The Morgan fingerprint density at radius 2 is 1.12 bits per heavy atom. The third kappa shape index (κ3) is 33.7. The monoisotopic (exact) mass is 704 g/mol. The number of aliphatic hydroxyl groups is 1. The fourth-order valence-corrected chi connectivity index (χ4v) is 6.48. The largest absolute Gasteiger partial charge is 0.472 e. The molecule has 1 unspecified atom stereocenters. The summed E-state index contributed by atoms with van der Waals surface area (Å²) in [6.07, 6.45) is 33.7. The van der Waals surface area contributed by atoms with E-state index in [0.717, 1.165) is 44.9 Å². The molecule has 0 saturated heterocycles. The standard InChI is InChI=1S/C39H79N2O6P/c1-6-8-10-12-14-16-18-20-21-22-24-26-28-30-32-38(42)37(36-47-48(44,45)46-35-34-41(3,4)5)40-39(43)33-31-29-27-25-23-19-17-15-13-11-9-7-2/h22,24,37-38,42H,6-21,23,25-36H2,1-5H3,(H-,40,43,44,45)/p+1/b24-22+/t37-,38+/m0/s1. The Labute approximate surface area is 297 Å². The summed E-state index contributed by atoms with van der Waals surface area (Å²) < 4.78 is 23.5. The molecule has 0 saturated carbocycles. The summed E-state index contributed by atoms with van der Waals surface area (Å²) in [6, 6.07) is -0.769. The molecule has 0 heterocycles. The van der Waals surface area contributed by atoms with Crippen molar-refractivity contribution in [2.24, 2.45) is 0 Å². The molecule has 0 aromatic carbocycles. The van der Waals surface area contributed by atoms with Gasteiger partial charge in [0.25, 0.3) is 0 Å². The maximum atomic E-state index is 12.8. The van der Waals surface area contributed by atoms with Gasteiger partial charge in [-0.2, -0.15) is 0 Å². The SMILES string of the molecule is CCCCCCCCCC/C=C/CCCC[C@@H](O)[C@H](COP(=O)(O)OCC[N+](C)(C)C)NC(=O)CCCCCCCCCCCCCC. The van der Waals surface area contributed by atoms with Crippen molar-refractivity contribution in [3.05, 3.63) is 12.2 Å². The molecule has 0 aliphatic heterocycles. The van der Waals surface area contributed by atoms with Crippen molar-refractivity contribution in [2.75, 3.05) is 40.9 Å². The van der Waals surface area contributed by atoms with Crippen LogP contribution < -0.4 is 5.32 Å². The van der Waals surface area contributed by atoms with E-state index in [2.05, 4.69) is 31.3 Å². The Hall–Kier alpha value is -0.760. The lowest BCUT2D eigenvalue weighted by atomic mass is 10.0. The van der Waals surface area contributed by atoms with E-state index in [9.17, 15) is 19.4 Å². The fourth-order valence-electron chi connectivity index (χ4n) is 5.74. The molecule has 0 aromatic rings. The Morgan fingerprint density at radius 1 is 0.688 bits per heavy atom. The van der Waals surface area contributed by atoms with E-state index in [-0.39, 0.29) is 19.1 Å². The third-order valence-electron chi connectivity index (χ3n) is 9.01. The minimum atomic E-state index is -4.31. The Morgan fingerprint density at radius 3 is 1.60 bits per heavy atom. The zero-order chi connectivity index (χ0) is 35.8. The number of hydrogen-bond acceptors (Lipinski definition) is 5. The number of phosphoric acid groups is 1. The van der Waals surface area contributed by atoms with Crippen molar-refractivity contribution in [2.45, 2.75) is 193 Å². The zero-order valence-electron chi connectivity index (χ0n) is 32.2. The minimum absolute atomic E-state index is 0.0718. The van der Waals surface area contributed by atoms with Crippen LogP contribution in [-0.2, 0) is 18.4 Å². The second-order valence-corrected chi connectivity index (χ2v) is 16.5. The van der Waals surface area contributed by atoms with Crippen LogP contribution in [0.4, 0.5) is 0 Å².